The minimum absolute atomic E-state index is 0.281. The number of amides is 1. The monoisotopic (exact) mass is 468 g/mol. The van der Waals surface area contributed by atoms with Crippen molar-refractivity contribution in [2.45, 2.75) is 20.0 Å². The zero-order valence-corrected chi connectivity index (χ0v) is 19.0. The van der Waals surface area contributed by atoms with Gasteiger partial charge in [-0.25, -0.2) is 4.98 Å². The van der Waals surface area contributed by atoms with Gasteiger partial charge in [-0.05, 0) is 53.9 Å². The molecule has 3 heterocycles. The molecule has 1 aromatic carbocycles. The van der Waals surface area contributed by atoms with Crippen LogP contribution in [0.15, 0.2) is 53.8 Å². The SMILES string of the molecule is Cc1ccncc1-c1cc(CNC2=NCCN2)cc(C(=O)NCc2ccc(Cl)c(Cl)c2)n1. The molecule has 0 fully saturated rings. The van der Waals surface area contributed by atoms with Crippen LogP contribution in [-0.2, 0) is 13.1 Å². The minimum Gasteiger partial charge on any atom is -0.355 e. The first-order valence-electron chi connectivity index (χ1n) is 10.2. The summed E-state index contributed by atoms with van der Waals surface area (Å²) >= 11 is 12.0. The molecule has 0 aliphatic carbocycles. The van der Waals surface area contributed by atoms with E-state index in [1.165, 1.54) is 0 Å². The van der Waals surface area contributed by atoms with Gasteiger partial charge in [0.05, 0.1) is 22.3 Å². The zero-order chi connectivity index (χ0) is 22.5. The maximum Gasteiger partial charge on any atom is 0.270 e. The first-order chi connectivity index (χ1) is 15.5. The standard InChI is InChI=1S/C23H22Cl2N6O/c1-14-4-5-26-13-17(14)20-9-16(12-30-23-27-6-7-28-23)10-21(31-20)22(32)29-11-15-2-3-18(24)19(25)8-15/h2-5,8-10,13H,6-7,11-12H2,1H3,(H,29,32)(H2,27,28,30). The van der Waals surface area contributed by atoms with Crippen molar-refractivity contribution in [3.63, 3.8) is 0 Å². The topological polar surface area (TPSA) is 91.3 Å². The molecular formula is C23H22Cl2N6O. The van der Waals surface area contributed by atoms with Crippen molar-refractivity contribution in [3.8, 4) is 11.3 Å². The average Bonchev–Trinajstić information content (AvgIpc) is 3.32. The first-order valence-corrected chi connectivity index (χ1v) is 10.9. The quantitative estimate of drug-likeness (QED) is 0.512. The van der Waals surface area contributed by atoms with Crippen molar-refractivity contribution >= 4 is 35.1 Å². The number of rotatable bonds is 6. The van der Waals surface area contributed by atoms with Gasteiger partial charge in [-0.1, -0.05) is 29.3 Å². The van der Waals surface area contributed by atoms with E-state index in [2.05, 4.69) is 30.9 Å². The maximum atomic E-state index is 12.9. The first kappa shape index (κ1) is 22.0. The Morgan fingerprint density at radius 2 is 1.97 bits per heavy atom. The summed E-state index contributed by atoms with van der Waals surface area (Å²) in [6.07, 6.45) is 3.49. The van der Waals surface area contributed by atoms with Gasteiger partial charge in [0, 0.05) is 37.6 Å². The number of hydrogen-bond acceptors (Lipinski definition) is 6. The molecule has 9 heteroatoms. The number of aromatic nitrogens is 2. The summed E-state index contributed by atoms with van der Waals surface area (Å²) in [5.74, 6) is 0.476. The lowest BCUT2D eigenvalue weighted by atomic mass is 10.1. The molecule has 0 unspecified atom stereocenters. The molecule has 3 aromatic rings. The molecule has 0 bridgehead atoms. The predicted octanol–water partition coefficient (Wildman–Crippen LogP) is 3.74. The summed E-state index contributed by atoms with van der Waals surface area (Å²) < 4.78 is 0. The molecule has 32 heavy (non-hydrogen) atoms. The molecule has 2 aromatic heterocycles. The highest BCUT2D eigenvalue weighted by atomic mass is 35.5. The fourth-order valence-electron chi connectivity index (χ4n) is 3.30. The van der Waals surface area contributed by atoms with Gasteiger partial charge in [-0.2, -0.15) is 0 Å². The Morgan fingerprint density at radius 3 is 2.72 bits per heavy atom. The summed E-state index contributed by atoms with van der Waals surface area (Å²) in [5.41, 5.74) is 4.68. The van der Waals surface area contributed by atoms with Gasteiger partial charge in [0.25, 0.3) is 5.91 Å². The van der Waals surface area contributed by atoms with Crippen LogP contribution in [-0.4, -0.2) is 34.9 Å². The fourth-order valence-corrected chi connectivity index (χ4v) is 3.62. The molecule has 0 saturated heterocycles. The molecule has 1 aliphatic rings. The van der Waals surface area contributed by atoms with Crippen LogP contribution in [0.5, 0.6) is 0 Å². The van der Waals surface area contributed by atoms with E-state index < -0.39 is 0 Å². The molecule has 0 spiro atoms. The van der Waals surface area contributed by atoms with E-state index in [1.54, 1.807) is 30.6 Å². The second-order valence-electron chi connectivity index (χ2n) is 7.38. The van der Waals surface area contributed by atoms with Gasteiger partial charge < -0.3 is 16.0 Å². The van der Waals surface area contributed by atoms with Crippen molar-refractivity contribution in [1.29, 1.82) is 0 Å². The molecule has 0 atom stereocenters. The number of nitrogens with one attached hydrogen (secondary N) is 3. The summed E-state index contributed by atoms with van der Waals surface area (Å²) in [6.45, 7) is 4.38. The van der Waals surface area contributed by atoms with Crippen LogP contribution in [0.4, 0.5) is 0 Å². The Bertz CT molecular complexity index is 1180. The van der Waals surface area contributed by atoms with Crippen LogP contribution in [0.2, 0.25) is 10.0 Å². The number of benzene rings is 1. The number of hydrogen-bond donors (Lipinski definition) is 3. The Hall–Kier alpha value is -3.16. The second kappa shape index (κ2) is 9.97. The van der Waals surface area contributed by atoms with Gasteiger partial charge in [-0.3, -0.25) is 14.8 Å². The van der Waals surface area contributed by atoms with E-state index in [1.807, 2.05) is 25.1 Å². The van der Waals surface area contributed by atoms with E-state index in [9.17, 15) is 4.79 Å². The van der Waals surface area contributed by atoms with Crippen molar-refractivity contribution in [3.05, 3.63) is 81.2 Å². The van der Waals surface area contributed by atoms with Crippen LogP contribution in [0.3, 0.4) is 0 Å². The van der Waals surface area contributed by atoms with Gasteiger partial charge in [0.15, 0.2) is 5.96 Å². The summed E-state index contributed by atoms with van der Waals surface area (Å²) in [5, 5.41) is 10.3. The predicted molar refractivity (Wildman–Crippen MR) is 127 cm³/mol. The Morgan fingerprint density at radius 1 is 1.09 bits per heavy atom. The van der Waals surface area contributed by atoms with Crippen molar-refractivity contribution in [1.82, 2.24) is 25.9 Å². The van der Waals surface area contributed by atoms with Gasteiger partial charge >= 0.3 is 0 Å². The van der Waals surface area contributed by atoms with E-state index in [-0.39, 0.29) is 5.91 Å². The van der Waals surface area contributed by atoms with Gasteiger partial charge in [0.2, 0.25) is 0 Å². The molecule has 164 valence electrons. The Kier molecular flexibility index (Phi) is 6.87. The number of pyridine rings is 2. The summed E-state index contributed by atoms with van der Waals surface area (Å²) in [4.78, 5) is 26.1. The van der Waals surface area contributed by atoms with Crippen molar-refractivity contribution in [2.24, 2.45) is 4.99 Å². The molecule has 4 rings (SSSR count). The minimum atomic E-state index is -0.281. The molecule has 0 saturated carbocycles. The highest BCUT2D eigenvalue weighted by Gasteiger charge is 2.14. The highest BCUT2D eigenvalue weighted by Crippen LogP contribution is 2.24. The number of aliphatic imine (C=N–C) groups is 1. The molecule has 3 N–H and O–H groups in total. The number of nitrogens with zero attached hydrogens (tertiary/aromatic N) is 3. The Labute approximate surface area is 196 Å². The Balaban J connectivity index is 1.58. The van der Waals surface area contributed by atoms with Crippen molar-refractivity contribution in [2.75, 3.05) is 13.1 Å². The maximum absolute atomic E-state index is 12.9. The molecule has 1 aliphatic heterocycles. The highest BCUT2D eigenvalue weighted by molar-refractivity contribution is 6.42. The molecule has 0 radical (unpaired) electrons. The summed E-state index contributed by atoms with van der Waals surface area (Å²) in [7, 11) is 0. The molecule has 7 nitrogen and oxygen atoms in total. The van der Waals surface area contributed by atoms with Crippen LogP contribution in [0.1, 0.15) is 27.2 Å². The van der Waals surface area contributed by atoms with Crippen LogP contribution < -0.4 is 16.0 Å². The smallest absolute Gasteiger partial charge is 0.270 e. The average molecular weight is 469 g/mol. The molecular weight excluding hydrogens is 447 g/mol. The number of aryl methyl sites for hydroxylation is 1. The van der Waals surface area contributed by atoms with Crippen molar-refractivity contribution < 1.29 is 4.79 Å². The second-order valence-corrected chi connectivity index (χ2v) is 8.19. The van der Waals surface area contributed by atoms with E-state index >= 15 is 0 Å². The van der Waals surface area contributed by atoms with E-state index in [0.717, 1.165) is 41.3 Å². The van der Waals surface area contributed by atoms with Crippen LogP contribution in [0.25, 0.3) is 11.3 Å². The van der Waals surface area contributed by atoms with Crippen LogP contribution in [0, 0.1) is 6.92 Å². The number of halogens is 2. The van der Waals surface area contributed by atoms with Gasteiger partial charge in [-0.15, -0.1) is 0 Å². The fraction of sp³-hybridized carbons (Fsp3) is 0.217. The van der Waals surface area contributed by atoms with E-state index in [0.29, 0.717) is 34.5 Å². The molecule has 1 amide bonds. The lowest BCUT2D eigenvalue weighted by molar-refractivity contribution is 0.0946. The third-order valence-electron chi connectivity index (χ3n) is 5.00. The number of carbonyl (C=O) groups excluding carboxylic acids is 1. The number of guanidine groups is 1. The zero-order valence-electron chi connectivity index (χ0n) is 17.5. The normalized spacial score (nSPS) is 12.8. The van der Waals surface area contributed by atoms with E-state index in [4.69, 9.17) is 23.2 Å². The lowest BCUT2D eigenvalue weighted by Crippen LogP contribution is -2.33. The summed E-state index contributed by atoms with van der Waals surface area (Å²) in [6, 6.07) is 10.9. The third kappa shape index (κ3) is 5.36. The third-order valence-corrected chi connectivity index (χ3v) is 5.74. The lowest BCUT2D eigenvalue weighted by Gasteiger charge is -2.12. The van der Waals surface area contributed by atoms with Gasteiger partial charge in [0.1, 0.15) is 5.69 Å². The number of carbonyl (C=O) groups is 1. The van der Waals surface area contributed by atoms with Crippen LogP contribution >= 0.6 is 23.2 Å². The largest absolute Gasteiger partial charge is 0.355 e.